The van der Waals surface area contributed by atoms with Crippen LogP contribution in [-0.2, 0) is 11.3 Å². The van der Waals surface area contributed by atoms with E-state index in [1.165, 1.54) is 36.0 Å². The molecule has 2 atom stereocenters. The molecule has 0 radical (unpaired) electrons. The summed E-state index contributed by atoms with van der Waals surface area (Å²) in [5.74, 6) is 0. The summed E-state index contributed by atoms with van der Waals surface area (Å²) >= 11 is 0. The molecule has 1 aliphatic rings. The standard InChI is InChI=1S/C21H27NO/c22-20-9-5-2-6-10-21(15-20)23-16-17-11-13-19(14-12-17)18-7-3-1-4-8-18/h1,3-4,7-8,11-14,20-21H,2,5-6,9-10,15-16,22H2. The molecule has 0 saturated heterocycles. The van der Waals surface area contributed by atoms with Gasteiger partial charge in [-0.05, 0) is 36.0 Å². The quantitative estimate of drug-likeness (QED) is 0.870. The lowest BCUT2D eigenvalue weighted by atomic mass is 9.95. The maximum Gasteiger partial charge on any atom is 0.0720 e. The van der Waals surface area contributed by atoms with Gasteiger partial charge in [0.25, 0.3) is 0 Å². The van der Waals surface area contributed by atoms with Gasteiger partial charge >= 0.3 is 0 Å². The lowest BCUT2D eigenvalue weighted by molar-refractivity contribution is 0.0202. The Balaban J connectivity index is 1.56. The van der Waals surface area contributed by atoms with Gasteiger partial charge in [0.05, 0.1) is 12.7 Å². The van der Waals surface area contributed by atoms with Crippen LogP contribution < -0.4 is 5.73 Å². The van der Waals surface area contributed by atoms with Gasteiger partial charge in [0, 0.05) is 6.04 Å². The van der Waals surface area contributed by atoms with Crippen LogP contribution in [0, 0.1) is 0 Å². The molecule has 0 aliphatic heterocycles. The summed E-state index contributed by atoms with van der Waals surface area (Å²) in [6.45, 7) is 0.687. The van der Waals surface area contributed by atoms with Crippen molar-refractivity contribution in [3.8, 4) is 11.1 Å². The first-order chi connectivity index (χ1) is 11.3. The zero-order valence-corrected chi connectivity index (χ0v) is 13.8. The van der Waals surface area contributed by atoms with Gasteiger partial charge in [-0.3, -0.25) is 0 Å². The van der Waals surface area contributed by atoms with E-state index in [-0.39, 0.29) is 0 Å². The number of rotatable bonds is 4. The third kappa shape index (κ3) is 4.92. The Hall–Kier alpha value is -1.64. The molecule has 1 aliphatic carbocycles. The second kappa shape index (κ2) is 8.28. The monoisotopic (exact) mass is 309 g/mol. The Morgan fingerprint density at radius 3 is 2.30 bits per heavy atom. The van der Waals surface area contributed by atoms with Crippen LogP contribution in [0.1, 0.15) is 44.1 Å². The lowest BCUT2D eigenvalue weighted by Crippen LogP contribution is -2.29. The minimum Gasteiger partial charge on any atom is -0.373 e. The van der Waals surface area contributed by atoms with Crippen LogP contribution in [-0.4, -0.2) is 12.1 Å². The van der Waals surface area contributed by atoms with Crippen LogP contribution in [0.3, 0.4) is 0 Å². The van der Waals surface area contributed by atoms with Gasteiger partial charge in [0.1, 0.15) is 0 Å². The zero-order chi connectivity index (χ0) is 15.9. The molecule has 2 N–H and O–H groups in total. The highest BCUT2D eigenvalue weighted by molar-refractivity contribution is 5.63. The fourth-order valence-corrected chi connectivity index (χ4v) is 3.32. The van der Waals surface area contributed by atoms with Gasteiger partial charge in [-0.2, -0.15) is 0 Å². The SMILES string of the molecule is NC1CCCCCC(OCc2ccc(-c3ccccc3)cc2)C1. The fourth-order valence-electron chi connectivity index (χ4n) is 3.32. The summed E-state index contributed by atoms with van der Waals surface area (Å²) < 4.78 is 6.14. The molecule has 2 nitrogen and oxygen atoms in total. The predicted octanol–water partition coefficient (Wildman–Crippen LogP) is 4.92. The first-order valence-electron chi connectivity index (χ1n) is 8.83. The van der Waals surface area contributed by atoms with E-state index in [4.69, 9.17) is 10.5 Å². The van der Waals surface area contributed by atoms with Crippen molar-refractivity contribution in [2.75, 3.05) is 0 Å². The van der Waals surface area contributed by atoms with Gasteiger partial charge < -0.3 is 10.5 Å². The molecule has 0 amide bonds. The van der Waals surface area contributed by atoms with Crippen molar-refractivity contribution in [3.05, 3.63) is 60.2 Å². The largest absolute Gasteiger partial charge is 0.373 e. The Labute approximate surface area is 139 Å². The van der Waals surface area contributed by atoms with E-state index in [1.807, 2.05) is 6.07 Å². The van der Waals surface area contributed by atoms with E-state index in [0.717, 1.165) is 19.3 Å². The van der Waals surface area contributed by atoms with E-state index >= 15 is 0 Å². The molecular formula is C21H27NO. The van der Waals surface area contributed by atoms with Crippen LogP contribution in [0.4, 0.5) is 0 Å². The number of nitrogens with two attached hydrogens (primary N) is 1. The Bertz CT molecular complexity index is 579. The molecule has 23 heavy (non-hydrogen) atoms. The second-order valence-electron chi connectivity index (χ2n) is 6.63. The predicted molar refractivity (Wildman–Crippen MR) is 96.1 cm³/mol. The van der Waals surface area contributed by atoms with Gasteiger partial charge in [-0.1, -0.05) is 73.9 Å². The van der Waals surface area contributed by atoms with Crippen molar-refractivity contribution in [1.29, 1.82) is 0 Å². The Kier molecular flexibility index (Phi) is 5.84. The molecule has 0 heterocycles. The second-order valence-corrected chi connectivity index (χ2v) is 6.63. The molecular weight excluding hydrogens is 282 g/mol. The zero-order valence-electron chi connectivity index (χ0n) is 13.8. The number of hydrogen-bond acceptors (Lipinski definition) is 2. The van der Waals surface area contributed by atoms with E-state index < -0.39 is 0 Å². The highest BCUT2D eigenvalue weighted by atomic mass is 16.5. The van der Waals surface area contributed by atoms with Gasteiger partial charge in [0.15, 0.2) is 0 Å². The molecule has 3 rings (SSSR count). The molecule has 2 unspecified atom stereocenters. The average molecular weight is 309 g/mol. The van der Waals surface area contributed by atoms with Crippen LogP contribution >= 0.6 is 0 Å². The molecule has 1 saturated carbocycles. The fraction of sp³-hybridized carbons (Fsp3) is 0.429. The van der Waals surface area contributed by atoms with Gasteiger partial charge in [-0.25, -0.2) is 0 Å². The van der Waals surface area contributed by atoms with Gasteiger partial charge in [0.2, 0.25) is 0 Å². The molecule has 2 heteroatoms. The summed E-state index contributed by atoms with van der Waals surface area (Å²) in [5, 5.41) is 0. The smallest absolute Gasteiger partial charge is 0.0720 e. The number of benzene rings is 2. The average Bonchev–Trinajstić information content (AvgIpc) is 2.58. The maximum absolute atomic E-state index is 6.17. The van der Waals surface area contributed by atoms with E-state index in [1.54, 1.807) is 0 Å². The lowest BCUT2D eigenvalue weighted by Gasteiger charge is -2.24. The van der Waals surface area contributed by atoms with Crippen molar-refractivity contribution in [2.24, 2.45) is 5.73 Å². The Morgan fingerprint density at radius 1 is 0.826 bits per heavy atom. The summed E-state index contributed by atoms with van der Waals surface area (Å²) in [4.78, 5) is 0. The topological polar surface area (TPSA) is 35.2 Å². The first kappa shape index (κ1) is 16.2. The molecule has 2 aromatic rings. The van der Waals surface area contributed by atoms with Crippen LogP contribution in [0.2, 0.25) is 0 Å². The number of ether oxygens (including phenoxy) is 1. The third-order valence-electron chi connectivity index (χ3n) is 4.71. The van der Waals surface area contributed by atoms with E-state index in [9.17, 15) is 0 Å². The molecule has 0 bridgehead atoms. The van der Waals surface area contributed by atoms with Crippen LogP contribution in [0.25, 0.3) is 11.1 Å². The normalized spacial score (nSPS) is 22.3. The summed E-state index contributed by atoms with van der Waals surface area (Å²) in [5.41, 5.74) is 9.91. The van der Waals surface area contributed by atoms with E-state index in [0.29, 0.717) is 18.8 Å². The molecule has 2 aromatic carbocycles. The van der Waals surface area contributed by atoms with E-state index in [2.05, 4.69) is 48.5 Å². The molecule has 0 spiro atoms. The molecule has 0 aromatic heterocycles. The van der Waals surface area contributed by atoms with Crippen molar-refractivity contribution in [2.45, 2.75) is 57.3 Å². The highest BCUT2D eigenvalue weighted by Gasteiger charge is 2.16. The molecule has 122 valence electrons. The van der Waals surface area contributed by atoms with Crippen LogP contribution in [0.15, 0.2) is 54.6 Å². The van der Waals surface area contributed by atoms with Crippen molar-refractivity contribution in [1.82, 2.24) is 0 Å². The van der Waals surface area contributed by atoms with Crippen molar-refractivity contribution in [3.63, 3.8) is 0 Å². The molecule has 1 fully saturated rings. The van der Waals surface area contributed by atoms with Crippen LogP contribution in [0.5, 0.6) is 0 Å². The highest BCUT2D eigenvalue weighted by Crippen LogP contribution is 2.22. The first-order valence-corrected chi connectivity index (χ1v) is 8.83. The Morgan fingerprint density at radius 2 is 1.52 bits per heavy atom. The van der Waals surface area contributed by atoms with Gasteiger partial charge in [-0.15, -0.1) is 0 Å². The minimum atomic E-state index is 0.306. The third-order valence-corrected chi connectivity index (χ3v) is 4.71. The minimum absolute atomic E-state index is 0.306. The summed E-state index contributed by atoms with van der Waals surface area (Å²) in [7, 11) is 0. The summed E-state index contributed by atoms with van der Waals surface area (Å²) in [6, 6.07) is 19.5. The number of hydrogen-bond donors (Lipinski definition) is 1. The maximum atomic E-state index is 6.17. The van der Waals surface area contributed by atoms with Crippen molar-refractivity contribution < 1.29 is 4.74 Å². The van der Waals surface area contributed by atoms with Crippen molar-refractivity contribution >= 4 is 0 Å². The summed E-state index contributed by atoms with van der Waals surface area (Å²) in [6.07, 6.45) is 7.45.